The van der Waals surface area contributed by atoms with Crippen molar-refractivity contribution in [2.45, 2.75) is 32.0 Å². The number of nitrogens with one attached hydrogen (secondary N) is 1. The van der Waals surface area contributed by atoms with Gasteiger partial charge in [0.2, 0.25) is 0 Å². The topological polar surface area (TPSA) is 21.3 Å². The Morgan fingerprint density at radius 2 is 2.27 bits per heavy atom. The van der Waals surface area contributed by atoms with Gasteiger partial charge in [0.25, 0.3) is 0 Å². The Kier molecular flexibility index (Phi) is 3.62. The minimum Gasteiger partial charge on any atom is -0.377 e. The van der Waals surface area contributed by atoms with Gasteiger partial charge in [-0.1, -0.05) is 29.8 Å². The molecule has 3 heteroatoms. The molecule has 0 radical (unpaired) electrons. The van der Waals surface area contributed by atoms with E-state index in [1.165, 1.54) is 0 Å². The minimum absolute atomic E-state index is 0.312. The summed E-state index contributed by atoms with van der Waals surface area (Å²) >= 11 is 6.07. The predicted octanol–water partition coefficient (Wildman–Crippen LogP) is 2.61. The van der Waals surface area contributed by atoms with Crippen LogP contribution in [0.4, 0.5) is 0 Å². The van der Waals surface area contributed by atoms with Crippen molar-refractivity contribution in [2.24, 2.45) is 0 Å². The second kappa shape index (κ2) is 4.97. The van der Waals surface area contributed by atoms with Gasteiger partial charge in [-0.3, -0.25) is 0 Å². The maximum absolute atomic E-state index is 6.07. The van der Waals surface area contributed by atoms with Crippen LogP contribution in [0.2, 0.25) is 5.02 Å². The summed E-state index contributed by atoms with van der Waals surface area (Å²) in [7, 11) is 0. The first-order chi connectivity index (χ1) is 7.27. The molecule has 2 unspecified atom stereocenters. The Balaban J connectivity index is 1.90. The first-order valence-corrected chi connectivity index (χ1v) is 5.73. The number of hydrogen-bond acceptors (Lipinski definition) is 2. The molecule has 0 saturated carbocycles. The van der Waals surface area contributed by atoms with Crippen molar-refractivity contribution in [3.8, 4) is 0 Å². The molecule has 1 aliphatic rings. The second-order valence-electron chi connectivity index (χ2n) is 3.94. The highest BCUT2D eigenvalue weighted by molar-refractivity contribution is 6.31. The highest BCUT2D eigenvalue weighted by Crippen LogP contribution is 2.17. The molecule has 1 aromatic rings. The lowest BCUT2D eigenvalue weighted by molar-refractivity contribution is 0.113. The fraction of sp³-hybridized carbons (Fsp3) is 0.500. The molecule has 15 heavy (non-hydrogen) atoms. The molecule has 2 rings (SSSR count). The van der Waals surface area contributed by atoms with Crippen LogP contribution in [0.1, 0.15) is 18.9 Å². The molecule has 1 aliphatic heterocycles. The van der Waals surface area contributed by atoms with Crippen LogP contribution in [-0.2, 0) is 11.3 Å². The average molecular weight is 226 g/mol. The van der Waals surface area contributed by atoms with E-state index in [0.29, 0.717) is 12.1 Å². The standard InChI is InChI=1S/C12H16ClNO/c1-9-12(6-7-15-9)14-8-10-4-2-3-5-11(10)13/h2-5,9,12,14H,6-8H2,1H3. The normalized spacial score (nSPS) is 25.7. The molecule has 2 atom stereocenters. The Morgan fingerprint density at radius 1 is 1.47 bits per heavy atom. The van der Waals surface area contributed by atoms with Crippen LogP contribution in [0.25, 0.3) is 0 Å². The third-order valence-corrected chi connectivity index (χ3v) is 3.26. The van der Waals surface area contributed by atoms with Gasteiger partial charge in [0.1, 0.15) is 0 Å². The number of halogens is 1. The molecule has 0 bridgehead atoms. The van der Waals surface area contributed by atoms with Crippen LogP contribution >= 0.6 is 11.6 Å². The van der Waals surface area contributed by atoms with E-state index in [1.54, 1.807) is 0 Å². The van der Waals surface area contributed by atoms with Crippen LogP contribution in [0.3, 0.4) is 0 Å². The highest BCUT2D eigenvalue weighted by Gasteiger charge is 2.23. The van der Waals surface area contributed by atoms with E-state index in [-0.39, 0.29) is 0 Å². The van der Waals surface area contributed by atoms with Crippen LogP contribution in [0.15, 0.2) is 24.3 Å². The van der Waals surface area contributed by atoms with E-state index < -0.39 is 0 Å². The summed E-state index contributed by atoms with van der Waals surface area (Å²) in [6, 6.07) is 8.40. The third-order valence-electron chi connectivity index (χ3n) is 2.89. The van der Waals surface area contributed by atoms with Gasteiger partial charge in [-0.2, -0.15) is 0 Å². The van der Waals surface area contributed by atoms with Gasteiger partial charge >= 0.3 is 0 Å². The van der Waals surface area contributed by atoms with E-state index in [0.717, 1.165) is 30.2 Å². The summed E-state index contributed by atoms with van der Waals surface area (Å²) < 4.78 is 5.49. The molecule has 1 saturated heterocycles. The summed E-state index contributed by atoms with van der Waals surface area (Å²) in [5, 5.41) is 4.31. The van der Waals surface area contributed by atoms with Gasteiger partial charge in [0.05, 0.1) is 6.10 Å². The molecule has 0 aromatic heterocycles. The molecule has 1 N–H and O–H groups in total. The molecule has 2 nitrogen and oxygen atoms in total. The molecule has 1 heterocycles. The second-order valence-corrected chi connectivity index (χ2v) is 4.35. The first-order valence-electron chi connectivity index (χ1n) is 5.36. The Morgan fingerprint density at radius 3 is 2.93 bits per heavy atom. The Bertz CT molecular complexity index is 329. The van der Waals surface area contributed by atoms with Crippen molar-refractivity contribution in [1.82, 2.24) is 5.32 Å². The fourth-order valence-electron chi connectivity index (χ4n) is 1.88. The van der Waals surface area contributed by atoms with E-state index in [4.69, 9.17) is 16.3 Å². The predicted molar refractivity (Wildman–Crippen MR) is 62.1 cm³/mol. The zero-order valence-corrected chi connectivity index (χ0v) is 9.63. The van der Waals surface area contributed by atoms with Gasteiger partial charge in [0.15, 0.2) is 0 Å². The van der Waals surface area contributed by atoms with Crippen molar-refractivity contribution in [1.29, 1.82) is 0 Å². The summed E-state index contributed by atoms with van der Waals surface area (Å²) in [4.78, 5) is 0. The zero-order chi connectivity index (χ0) is 10.7. The summed E-state index contributed by atoms with van der Waals surface area (Å²) in [6.07, 6.45) is 1.40. The van der Waals surface area contributed by atoms with Crippen molar-refractivity contribution in [3.05, 3.63) is 34.9 Å². The maximum atomic E-state index is 6.07. The van der Waals surface area contributed by atoms with E-state index >= 15 is 0 Å². The third kappa shape index (κ3) is 2.71. The number of benzene rings is 1. The van der Waals surface area contributed by atoms with Crippen molar-refractivity contribution in [2.75, 3.05) is 6.61 Å². The molecule has 0 amide bonds. The summed E-state index contributed by atoms with van der Waals surface area (Å²) in [5.41, 5.74) is 1.15. The van der Waals surface area contributed by atoms with Gasteiger partial charge in [-0.15, -0.1) is 0 Å². The largest absolute Gasteiger partial charge is 0.377 e. The smallest absolute Gasteiger partial charge is 0.0700 e. The van der Waals surface area contributed by atoms with Crippen molar-refractivity contribution in [3.63, 3.8) is 0 Å². The number of ether oxygens (including phenoxy) is 1. The average Bonchev–Trinajstić information content (AvgIpc) is 2.63. The lowest BCUT2D eigenvalue weighted by Crippen LogP contribution is -2.34. The fourth-order valence-corrected chi connectivity index (χ4v) is 2.09. The lowest BCUT2D eigenvalue weighted by Gasteiger charge is -2.16. The summed E-state index contributed by atoms with van der Waals surface area (Å²) in [6.45, 7) is 3.79. The Labute approximate surface area is 95.6 Å². The molecule has 1 fully saturated rings. The minimum atomic E-state index is 0.312. The SMILES string of the molecule is CC1OCCC1NCc1ccccc1Cl. The van der Waals surface area contributed by atoms with Crippen LogP contribution in [0, 0.1) is 0 Å². The van der Waals surface area contributed by atoms with E-state index in [2.05, 4.69) is 18.3 Å². The van der Waals surface area contributed by atoms with Crippen molar-refractivity contribution < 1.29 is 4.74 Å². The molecule has 0 aliphatic carbocycles. The van der Waals surface area contributed by atoms with E-state index in [9.17, 15) is 0 Å². The maximum Gasteiger partial charge on any atom is 0.0700 e. The van der Waals surface area contributed by atoms with Crippen LogP contribution in [0.5, 0.6) is 0 Å². The van der Waals surface area contributed by atoms with Gasteiger partial charge in [-0.05, 0) is 25.0 Å². The monoisotopic (exact) mass is 225 g/mol. The van der Waals surface area contributed by atoms with Crippen LogP contribution in [-0.4, -0.2) is 18.8 Å². The molecule has 1 aromatic carbocycles. The molecule has 0 spiro atoms. The number of rotatable bonds is 3. The molecule has 82 valence electrons. The first kappa shape index (κ1) is 10.9. The molecular formula is C12H16ClNO. The van der Waals surface area contributed by atoms with Crippen LogP contribution < -0.4 is 5.32 Å². The van der Waals surface area contributed by atoms with E-state index in [1.807, 2.05) is 18.2 Å². The van der Waals surface area contributed by atoms with Gasteiger partial charge < -0.3 is 10.1 Å². The number of hydrogen-bond donors (Lipinski definition) is 1. The Hall–Kier alpha value is -0.570. The lowest BCUT2D eigenvalue weighted by atomic mass is 10.1. The zero-order valence-electron chi connectivity index (χ0n) is 8.87. The highest BCUT2D eigenvalue weighted by atomic mass is 35.5. The molecular weight excluding hydrogens is 210 g/mol. The van der Waals surface area contributed by atoms with Crippen molar-refractivity contribution >= 4 is 11.6 Å². The van der Waals surface area contributed by atoms with Gasteiger partial charge in [0, 0.05) is 24.2 Å². The quantitative estimate of drug-likeness (QED) is 0.854. The van der Waals surface area contributed by atoms with Gasteiger partial charge in [-0.25, -0.2) is 0 Å². The summed E-state index contributed by atoms with van der Waals surface area (Å²) in [5.74, 6) is 0.